The molecule has 110 valence electrons. The maximum absolute atomic E-state index is 6.46. The first-order valence-electron chi connectivity index (χ1n) is 7.58. The zero-order valence-electron chi connectivity index (χ0n) is 12.3. The highest BCUT2D eigenvalue weighted by Gasteiger charge is 2.16. The molecule has 0 spiro atoms. The molecule has 0 fully saturated rings. The van der Waals surface area contributed by atoms with Crippen LogP contribution >= 0.6 is 11.6 Å². The largest absolute Gasteiger partial charge is 0.377 e. The first kappa shape index (κ1) is 14.4. The summed E-state index contributed by atoms with van der Waals surface area (Å²) in [6, 6.07) is 14.9. The van der Waals surface area contributed by atoms with Gasteiger partial charge in [0.25, 0.3) is 0 Å². The second-order valence-electron chi connectivity index (χ2n) is 5.59. The summed E-state index contributed by atoms with van der Waals surface area (Å²) in [4.78, 5) is 0. The average Bonchev–Trinajstić information content (AvgIpc) is 2.76. The van der Waals surface area contributed by atoms with Gasteiger partial charge in [-0.2, -0.15) is 0 Å². The lowest BCUT2D eigenvalue weighted by Gasteiger charge is -2.21. The number of rotatable bonds is 3. The molecule has 0 aromatic heterocycles. The zero-order chi connectivity index (χ0) is 14.7. The fourth-order valence-electron chi connectivity index (χ4n) is 2.94. The number of anilines is 1. The summed E-state index contributed by atoms with van der Waals surface area (Å²) in [6.45, 7) is 4.24. The van der Waals surface area contributed by atoms with Crippen molar-refractivity contribution in [3.63, 3.8) is 0 Å². The molecule has 3 heteroatoms. The van der Waals surface area contributed by atoms with Gasteiger partial charge < -0.3 is 10.6 Å². The minimum atomic E-state index is 0.242. The van der Waals surface area contributed by atoms with Crippen molar-refractivity contribution in [2.45, 2.75) is 25.8 Å². The molecule has 0 bridgehead atoms. The summed E-state index contributed by atoms with van der Waals surface area (Å²) in [6.07, 6.45) is 2.10. The molecule has 1 aliphatic rings. The standard InChI is InChI=1S/C18H21ClN2/c1-13(14-5-3-2-4-6-14)21-18-16-10-12-20-11-9-15(16)7-8-17(18)19/h2-8,13,20-21H,9-12H2,1H3/t13-/m0/s1. The van der Waals surface area contributed by atoms with Crippen molar-refractivity contribution in [1.82, 2.24) is 5.32 Å². The van der Waals surface area contributed by atoms with Crippen molar-refractivity contribution in [1.29, 1.82) is 0 Å². The fourth-order valence-corrected chi connectivity index (χ4v) is 3.17. The van der Waals surface area contributed by atoms with Crippen LogP contribution in [0, 0.1) is 0 Å². The van der Waals surface area contributed by atoms with E-state index in [2.05, 4.69) is 47.9 Å². The van der Waals surface area contributed by atoms with E-state index in [9.17, 15) is 0 Å². The van der Waals surface area contributed by atoms with Crippen LogP contribution in [0.3, 0.4) is 0 Å². The Labute approximate surface area is 131 Å². The Morgan fingerprint density at radius 2 is 1.81 bits per heavy atom. The molecule has 3 rings (SSSR count). The Hall–Kier alpha value is -1.51. The molecule has 2 N–H and O–H groups in total. The minimum Gasteiger partial charge on any atom is -0.377 e. The molecule has 1 heterocycles. The third-order valence-electron chi connectivity index (χ3n) is 4.14. The van der Waals surface area contributed by atoms with Gasteiger partial charge in [0.05, 0.1) is 10.7 Å². The Morgan fingerprint density at radius 3 is 2.62 bits per heavy atom. The predicted octanol–water partition coefficient (Wildman–Crippen LogP) is 4.20. The highest BCUT2D eigenvalue weighted by atomic mass is 35.5. The van der Waals surface area contributed by atoms with Crippen molar-refractivity contribution < 1.29 is 0 Å². The van der Waals surface area contributed by atoms with Gasteiger partial charge in [-0.05, 0) is 55.6 Å². The molecule has 0 saturated carbocycles. The van der Waals surface area contributed by atoms with Crippen LogP contribution in [0.25, 0.3) is 0 Å². The van der Waals surface area contributed by atoms with E-state index in [-0.39, 0.29) is 6.04 Å². The molecule has 2 aromatic rings. The molecule has 2 aromatic carbocycles. The molecule has 0 aliphatic carbocycles. The number of hydrogen-bond acceptors (Lipinski definition) is 2. The normalized spacial score (nSPS) is 15.9. The van der Waals surface area contributed by atoms with Gasteiger partial charge >= 0.3 is 0 Å². The molecule has 0 saturated heterocycles. The lowest BCUT2D eigenvalue weighted by Crippen LogP contribution is -2.16. The van der Waals surface area contributed by atoms with E-state index < -0.39 is 0 Å². The lowest BCUT2D eigenvalue weighted by atomic mass is 9.99. The molecule has 2 nitrogen and oxygen atoms in total. The van der Waals surface area contributed by atoms with Crippen LogP contribution in [0.1, 0.15) is 29.7 Å². The van der Waals surface area contributed by atoms with Crippen molar-refractivity contribution in [3.8, 4) is 0 Å². The summed E-state index contributed by atoms with van der Waals surface area (Å²) < 4.78 is 0. The van der Waals surface area contributed by atoms with E-state index in [1.54, 1.807) is 0 Å². The fraction of sp³-hybridized carbons (Fsp3) is 0.333. The van der Waals surface area contributed by atoms with Crippen LogP contribution in [0.4, 0.5) is 5.69 Å². The van der Waals surface area contributed by atoms with E-state index in [1.807, 2.05) is 12.1 Å². The molecule has 0 amide bonds. The van der Waals surface area contributed by atoms with E-state index >= 15 is 0 Å². The first-order valence-corrected chi connectivity index (χ1v) is 7.96. The molecular formula is C18H21ClN2. The molecule has 0 radical (unpaired) electrons. The van der Waals surface area contributed by atoms with Crippen molar-refractivity contribution in [2.24, 2.45) is 0 Å². The first-order chi connectivity index (χ1) is 10.3. The Morgan fingerprint density at radius 1 is 1.05 bits per heavy atom. The topological polar surface area (TPSA) is 24.1 Å². The number of nitrogens with one attached hydrogen (secondary N) is 2. The van der Waals surface area contributed by atoms with Crippen molar-refractivity contribution in [2.75, 3.05) is 18.4 Å². The van der Waals surface area contributed by atoms with E-state index in [4.69, 9.17) is 11.6 Å². The number of fused-ring (bicyclic) bond motifs is 1. The van der Waals surface area contributed by atoms with Crippen LogP contribution in [-0.4, -0.2) is 13.1 Å². The highest BCUT2D eigenvalue weighted by Crippen LogP contribution is 2.33. The van der Waals surface area contributed by atoms with Crippen LogP contribution in [0.2, 0.25) is 5.02 Å². The third-order valence-corrected chi connectivity index (χ3v) is 4.46. The SMILES string of the molecule is C[C@H](Nc1c(Cl)ccc2c1CCNCC2)c1ccccc1. The van der Waals surface area contributed by atoms with Crippen molar-refractivity contribution in [3.05, 3.63) is 64.2 Å². The van der Waals surface area contributed by atoms with Gasteiger partial charge in [0.2, 0.25) is 0 Å². The van der Waals surface area contributed by atoms with E-state index in [1.165, 1.54) is 16.7 Å². The maximum atomic E-state index is 6.46. The Bertz CT molecular complexity index is 610. The van der Waals surface area contributed by atoms with Crippen LogP contribution < -0.4 is 10.6 Å². The molecule has 21 heavy (non-hydrogen) atoms. The van der Waals surface area contributed by atoms with Gasteiger partial charge in [-0.1, -0.05) is 48.0 Å². The van der Waals surface area contributed by atoms with Gasteiger partial charge in [0.1, 0.15) is 0 Å². The maximum Gasteiger partial charge on any atom is 0.0640 e. The van der Waals surface area contributed by atoms with Crippen LogP contribution in [0.15, 0.2) is 42.5 Å². The second kappa shape index (κ2) is 6.50. The summed E-state index contributed by atoms with van der Waals surface area (Å²) in [7, 11) is 0. The predicted molar refractivity (Wildman–Crippen MR) is 90.2 cm³/mol. The quantitative estimate of drug-likeness (QED) is 0.887. The van der Waals surface area contributed by atoms with E-state index in [0.717, 1.165) is 36.6 Å². The van der Waals surface area contributed by atoms with Gasteiger partial charge in [-0.15, -0.1) is 0 Å². The van der Waals surface area contributed by atoms with Gasteiger partial charge in [0, 0.05) is 6.04 Å². The highest BCUT2D eigenvalue weighted by molar-refractivity contribution is 6.33. The molecule has 1 aliphatic heterocycles. The third kappa shape index (κ3) is 3.22. The van der Waals surface area contributed by atoms with Crippen molar-refractivity contribution >= 4 is 17.3 Å². The number of halogens is 1. The Balaban J connectivity index is 1.91. The zero-order valence-corrected chi connectivity index (χ0v) is 13.1. The van der Waals surface area contributed by atoms with Crippen LogP contribution in [0.5, 0.6) is 0 Å². The summed E-state index contributed by atoms with van der Waals surface area (Å²) in [5, 5.41) is 7.90. The van der Waals surface area contributed by atoms with Gasteiger partial charge in [-0.25, -0.2) is 0 Å². The van der Waals surface area contributed by atoms with E-state index in [0.29, 0.717) is 0 Å². The monoisotopic (exact) mass is 300 g/mol. The summed E-state index contributed by atoms with van der Waals surface area (Å²) in [5.41, 5.74) is 5.16. The van der Waals surface area contributed by atoms with Crippen LogP contribution in [-0.2, 0) is 12.8 Å². The number of hydrogen-bond donors (Lipinski definition) is 2. The average molecular weight is 301 g/mol. The molecule has 0 unspecified atom stereocenters. The summed E-state index contributed by atoms with van der Waals surface area (Å²) >= 11 is 6.46. The molecular weight excluding hydrogens is 280 g/mol. The van der Waals surface area contributed by atoms with Gasteiger partial charge in [0.15, 0.2) is 0 Å². The second-order valence-corrected chi connectivity index (χ2v) is 5.99. The molecule has 1 atom stereocenters. The summed E-state index contributed by atoms with van der Waals surface area (Å²) in [5.74, 6) is 0. The smallest absolute Gasteiger partial charge is 0.0640 e. The number of benzene rings is 2. The van der Waals surface area contributed by atoms with Gasteiger partial charge in [-0.3, -0.25) is 0 Å². The Kier molecular flexibility index (Phi) is 4.47. The minimum absolute atomic E-state index is 0.242. The lowest BCUT2D eigenvalue weighted by molar-refractivity contribution is 0.711.